The smallest absolute Gasteiger partial charge is 0.257 e. The highest BCUT2D eigenvalue weighted by atomic mass is 32.2. The van der Waals surface area contributed by atoms with Crippen molar-refractivity contribution in [3.63, 3.8) is 0 Å². The summed E-state index contributed by atoms with van der Waals surface area (Å²) in [4.78, 5) is 12.4. The molecule has 1 heterocycles. The van der Waals surface area contributed by atoms with Crippen LogP contribution in [0.3, 0.4) is 0 Å². The largest absolute Gasteiger partial charge is 0.296 e. The van der Waals surface area contributed by atoms with Crippen LogP contribution < -0.4 is 10.0 Å². The highest BCUT2D eigenvalue weighted by Gasteiger charge is 2.13. The van der Waals surface area contributed by atoms with Crippen LogP contribution >= 0.6 is 23.1 Å². The zero-order valence-corrected chi connectivity index (χ0v) is 17.6. The number of hydrogen-bond acceptors (Lipinski definition) is 7. The highest BCUT2D eigenvalue weighted by molar-refractivity contribution is 8.00. The minimum atomic E-state index is -3.37. The van der Waals surface area contributed by atoms with Crippen molar-refractivity contribution in [2.24, 2.45) is 0 Å². The SMILES string of the molecule is Cc1cc(C(=O)Nc2nnc(SCc3ccccc3)s2)ccc1NS(C)(=O)=O. The van der Waals surface area contributed by atoms with Gasteiger partial charge in [0.25, 0.3) is 5.91 Å². The Morgan fingerprint density at radius 1 is 1.14 bits per heavy atom. The van der Waals surface area contributed by atoms with Gasteiger partial charge < -0.3 is 0 Å². The molecule has 0 atom stereocenters. The molecule has 0 saturated carbocycles. The fourth-order valence-corrected chi connectivity index (χ4v) is 4.66. The van der Waals surface area contributed by atoms with Crippen molar-refractivity contribution in [2.75, 3.05) is 16.3 Å². The zero-order chi connectivity index (χ0) is 20.1. The van der Waals surface area contributed by atoms with Crippen molar-refractivity contribution in [3.05, 3.63) is 65.2 Å². The molecule has 146 valence electrons. The minimum Gasteiger partial charge on any atom is -0.296 e. The van der Waals surface area contributed by atoms with Gasteiger partial charge in [-0.1, -0.05) is 53.4 Å². The lowest BCUT2D eigenvalue weighted by atomic mass is 10.1. The van der Waals surface area contributed by atoms with E-state index in [1.165, 1.54) is 16.9 Å². The Bertz CT molecular complexity index is 1080. The molecule has 28 heavy (non-hydrogen) atoms. The third kappa shape index (κ3) is 5.78. The maximum atomic E-state index is 12.4. The molecule has 2 aromatic carbocycles. The van der Waals surface area contributed by atoms with Gasteiger partial charge in [-0.25, -0.2) is 8.42 Å². The van der Waals surface area contributed by atoms with Crippen LogP contribution in [0.1, 0.15) is 21.5 Å². The molecule has 0 spiro atoms. The summed E-state index contributed by atoms with van der Waals surface area (Å²) in [6, 6.07) is 14.8. The lowest BCUT2D eigenvalue weighted by molar-refractivity contribution is 0.102. The Morgan fingerprint density at radius 2 is 1.89 bits per heavy atom. The van der Waals surface area contributed by atoms with Gasteiger partial charge in [0.1, 0.15) is 0 Å². The standard InChI is InChI=1S/C18H18N4O3S3/c1-12-10-14(8-9-15(12)22-28(2,24)25)16(23)19-17-20-21-18(27-17)26-11-13-6-4-3-5-7-13/h3-10,22H,11H2,1-2H3,(H,19,20,23). The van der Waals surface area contributed by atoms with Gasteiger partial charge in [-0.15, -0.1) is 10.2 Å². The number of nitrogens with one attached hydrogen (secondary N) is 2. The van der Waals surface area contributed by atoms with Crippen LogP contribution in [0.5, 0.6) is 0 Å². The number of rotatable bonds is 7. The third-order valence-electron chi connectivity index (χ3n) is 3.62. The Kier molecular flexibility index (Phi) is 6.32. The summed E-state index contributed by atoms with van der Waals surface area (Å²) < 4.78 is 25.9. The first kappa shape index (κ1) is 20.3. The second kappa shape index (κ2) is 8.72. The number of amides is 1. The number of carbonyl (C=O) groups is 1. The minimum absolute atomic E-state index is 0.329. The molecule has 0 bridgehead atoms. The van der Waals surface area contributed by atoms with Crippen molar-refractivity contribution in [2.45, 2.75) is 17.0 Å². The third-order valence-corrected chi connectivity index (χ3v) is 6.25. The van der Waals surface area contributed by atoms with Crippen LogP contribution in [0, 0.1) is 6.92 Å². The molecule has 2 N–H and O–H groups in total. The van der Waals surface area contributed by atoms with Crippen LogP contribution in [0.2, 0.25) is 0 Å². The van der Waals surface area contributed by atoms with Crippen molar-refractivity contribution in [1.82, 2.24) is 10.2 Å². The number of hydrogen-bond donors (Lipinski definition) is 2. The first-order valence-electron chi connectivity index (χ1n) is 8.20. The molecule has 7 nitrogen and oxygen atoms in total. The molecule has 0 unspecified atom stereocenters. The Morgan fingerprint density at radius 3 is 2.57 bits per heavy atom. The second-order valence-corrected chi connectivity index (χ2v) is 9.95. The van der Waals surface area contributed by atoms with Crippen LogP contribution in [-0.4, -0.2) is 30.8 Å². The average molecular weight is 435 g/mol. The van der Waals surface area contributed by atoms with E-state index in [4.69, 9.17) is 0 Å². The predicted molar refractivity (Wildman–Crippen MR) is 114 cm³/mol. The van der Waals surface area contributed by atoms with Gasteiger partial charge in [0.2, 0.25) is 15.2 Å². The lowest BCUT2D eigenvalue weighted by Gasteiger charge is -2.09. The molecule has 1 amide bonds. The van der Waals surface area contributed by atoms with Crippen LogP contribution in [0.25, 0.3) is 0 Å². The number of anilines is 2. The van der Waals surface area contributed by atoms with Gasteiger partial charge in [0.05, 0.1) is 11.9 Å². The summed E-state index contributed by atoms with van der Waals surface area (Å²) >= 11 is 2.86. The van der Waals surface area contributed by atoms with Crippen LogP contribution in [0.15, 0.2) is 52.9 Å². The Labute approximate surface area is 171 Å². The van der Waals surface area contributed by atoms with Gasteiger partial charge in [0, 0.05) is 11.3 Å². The van der Waals surface area contributed by atoms with E-state index < -0.39 is 10.0 Å². The van der Waals surface area contributed by atoms with Gasteiger partial charge in [-0.3, -0.25) is 14.8 Å². The van der Waals surface area contributed by atoms with Crippen molar-refractivity contribution >= 4 is 49.8 Å². The van der Waals surface area contributed by atoms with E-state index in [0.29, 0.717) is 21.9 Å². The topological polar surface area (TPSA) is 101 Å². The number of aromatic nitrogens is 2. The Hall–Kier alpha value is -2.43. The van der Waals surface area contributed by atoms with E-state index in [-0.39, 0.29) is 5.91 Å². The van der Waals surface area contributed by atoms with Crippen molar-refractivity contribution in [3.8, 4) is 0 Å². The zero-order valence-electron chi connectivity index (χ0n) is 15.2. The summed E-state index contributed by atoms with van der Waals surface area (Å²) in [6.07, 6.45) is 1.08. The molecular weight excluding hydrogens is 416 g/mol. The summed E-state index contributed by atoms with van der Waals surface area (Å²) in [5.41, 5.74) is 2.68. The quantitative estimate of drug-likeness (QED) is 0.434. The van der Waals surface area contributed by atoms with E-state index >= 15 is 0 Å². The lowest BCUT2D eigenvalue weighted by Crippen LogP contribution is -2.14. The monoisotopic (exact) mass is 434 g/mol. The first-order chi connectivity index (χ1) is 13.3. The van der Waals surface area contributed by atoms with E-state index in [1.54, 1.807) is 36.9 Å². The van der Waals surface area contributed by atoms with Crippen LogP contribution in [-0.2, 0) is 15.8 Å². The summed E-state index contributed by atoms with van der Waals surface area (Å²) in [5, 5.41) is 11.2. The van der Waals surface area contributed by atoms with E-state index in [0.717, 1.165) is 16.3 Å². The molecule has 0 aliphatic heterocycles. The van der Waals surface area contributed by atoms with Crippen molar-refractivity contribution < 1.29 is 13.2 Å². The molecule has 0 fully saturated rings. The molecular formula is C18H18N4O3S3. The Balaban J connectivity index is 1.62. The second-order valence-electron chi connectivity index (χ2n) is 6.01. The number of sulfonamides is 1. The molecule has 1 aromatic heterocycles. The molecule has 0 saturated heterocycles. The first-order valence-corrected chi connectivity index (χ1v) is 11.9. The van der Waals surface area contributed by atoms with Gasteiger partial charge in [-0.05, 0) is 36.2 Å². The van der Waals surface area contributed by atoms with Gasteiger partial charge in [0.15, 0.2) is 4.34 Å². The summed E-state index contributed by atoms with van der Waals surface area (Å²) in [7, 11) is -3.37. The fraction of sp³-hybridized carbons (Fsp3) is 0.167. The predicted octanol–water partition coefficient (Wildman–Crippen LogP) is 3.76. The number of aryl methyl sites for hydroxylation is 1. The normalized spacial score (nSPS) is 11.2. The fourth-order valence-electron chi connectivity index (χ4n) is 2.33. The number of carbonyl (C=O) groups excluding carboxylic acids is 1. The number of thioether (sulfide) groups is 1. The van der Waals surface area contributed by atoms with Crippen LogP contribution in [0.4, 0.5) is 10.8 Å². The molecule has 0 aliphatic rings. The summed E-state index contributed by atoms with van der Waals surface area (Å²) in [5.74, 6) is 0.446. The number of nitrogens with zero attached hydrogens (tertiary/aromatic N) is 2. The molecule has 0 radical (unpaired) electrons. The molecule has 0 aliphatic carbocycles. The van der Waals surface area contributed by atoms with E-state index in [1.807, 2.05) is 30.3 Å². The van der Waals surface area contributed by atoms with E-state index in [9.17, 15) is 13.2 Å². The van der Waals surface area contributed by atoms with Crippen molar-refractivity contribution in [1.29, 1.82) is 0 Å². The molecule has 3 aromatic rings. The van der Waals surface area contributed by atoms with Gasteiger partial charge in [-0.2, -0.15) is 0 Å². The molecule has 3 rings (SSSR count). The molecule has 10 heteroatoms. The highest BCUT2D eigenvalue weighted by Crippen LogP contribution is 2.28. The number of benzene rings is 2. The maximum Gasteiger partial charge on any atom is 0.257 e. The van der Waals surface area contributed by atoms with E-state index in [2.05, 4.69) is 20.2 Å². The maximum absolute atomic E-state index is 12.4. The van der Waals surface area contributed by atoms with Gasteiger partial charge >= 0.3 is 0 Å². The summed E-state index contributed by atoms with van der Waals surface area (Å²) in [6.45, 7) is 1.73. The average Bonchev–Trinajstić information content (AvgIpc) is 3.09.